The molecule has 2 atom stereocenters. The van der Waals surface area contributed by atoms with Gasteiger partial charge in [0.15, 0.2) is 0 Å². The van der Waals surface area contributed by atoms with Crippen LogP contribution in [-0.4, -0.2) is 36.3 Å². The number of ether oxygens (including phenoxy) is 1. The second kappa shape index (κ2) is 12.3. The van der Waals surface area contributed by atoms with E-state index in [2.05, 4.69) is 5.32 Å². The lowest BCUT2D eigenvalue weighted by molar-refractivity contribution is -0.146. The number of carbonyl (C=O) groups is 3. The summed E-state index contributed by atoms with van der Waals surface area (Å²) in [5.41, 5.74) is 2.31. The molecule has 0 saturated heterocycles. The van der Waals surface area contributed by atoms with Crippen LogP contribution in [0.1, 0.15) is 40.9 Å². The Hall–Kier alpha value is -3.93. The van der Waals surface area contributed by atoms with E-state index in [4.69, 9.17) is 4.74 Å². The standard InChI is InChI=1S/C28H30N2O4/c1-21(28(33)34-2)19-30(20-22-12-6-3-7-13-22)26(31)18-25(23-14-8-4-9-15-23)29-27(32)24-16-10-5-11-17-24/h3-17,21,25H,18-20H2,1-2H3,(H,29,32). The Morgan fingerprint density at radius 1 is 0.853 bits per heavy atom. The van der Waals surface area contributed by atoms with Crippen molar-refractivity contribution in [2.45, 2.75) is 25.9 Å². The van der Waals surface area contributed by atoms with Crippen molar-refractivity contribution < 1.29 is 19.1 Å². The maximum atomic E-state index is 13.5. The van der Waals surface area contributed by atoms with E-state index in [1.165, 1.54) is 7.11 Å². The molecular formula is C28H30N2O4. The fourth-order valence-corrected chi connectivity index (χ4v) is 3.74. The molecule has 0 bridgehead atoms. The third kappa shape index (κ3) is 7.04. The predicted octanol–water partition coefficient (Wildman–Crippen LogP) is 4.39. The first-order valence-corrected chi connectivity index (χ1v) is 11.3. The van der Waals surface area contributed by atoms with Crippen LogP contribution in [0.25, 0.3) is 0 Å². The number of methoxy groups -OCH3 is 1. The van der Waals surface area contributed by atoms with Gasteiger partial charge >= 0.3 is 5.97 Å². The van der Waals surface area contributed by atoms with Crippen molar-refractivity contribution in [1.82, 2.24) is 10.2 Å². The van der Waals surface area contributed by atoms with E-state index in [1.54, 1.807) is 36.1 Å². The third-order valence-electron chi connectivity index (χ3n) is 5.59. The summed E-state index contributed by atoms with van der Waals surface area (Å²) in [4.78, 5) is 40.1. The molecule has 1 N–H and O–H groups in total. The molecule has 6 heteroatoms. The van der Waals surface area contributed by atoms with Gasteiger partial charge in [-0.2, -0.15) is 0 Å². The molecule has 176 valence electrons. The van der Waals surface area contributed by atoms with Crippen LogP contribution in [0, 0.1) is 5.92 Å². The van der Waals surface area contributed by atoms with Gasteiger partial charge in [-0.25, -0.2) is 0 Å². The molecule has 0 spiro atoms. The van der Waals surface area contributed by atoms with E-state index in [0.29, 0.717) is 12.1 Å². The van der Waals surface area contributed by atoms with Crippen molar-refractivity contribution >= 4 is 17.8 Å². The summed E-state index contributed by atoms with van der Waals surface area (Å²) in [6.45, 7) is 2.31. The Balaban J connectivity index is 1.82. The zero-order valence-electron chi connectivity index (χ0n) is 19.5. The van der Waals surface area contributed by atoms with Crippen LogP contribution in [0.4, 0.5) is 0 Å². The first kappa shape index (κ1) is 24.7. The van der Waals surface area contributed by atoms with E-state index >= 15 is 0 Å². The van der Waals surface area contributed by atoms with Gasteiger partial charge in [0, 0.05) is 18.7 Å². The van der Waals surface area contributed by atoms with E-state index in [1.807, 2.05) is 66.7 Å². The zero-order chi connectivity index (χ0) is 24.3. The highest BCUT2D eigenvalue weighted by atomic mass is 16.5. The van der Waals surface area contributed by atoms with Crippen molar-refractivity contribution in [3.8, 4) is 0 Å². The van der Waals surface area contributed by atoms with E-state index in [-0.39, 0.29) is 30.7 Å². The molecule has 34 heavy (non-hydrogen) atoms. The number of hydrogen-bond acceptors (Lipinski definition) is 4. The van der Waals surface area contributed by atoms with E-state index in [0.717, 1.165) is 11.1 Å². The summed E-state index contributed by atoms with van der Waals surface area (Å²) in [6.07, 6.45) is 0.0588. The Morgan fingerprint density at radius 2 is 1.41 bits per heavy atom. The maximum absolute atomic E-state index is 13.5. The number of benzene rings is 3. The van der Waals surface area contributed by atoms with E-state index in [9.17, 15) is 14.4 Å². The molecule has 0 heterocycles. The fourth-order valence-electron chi connectivity index (χ4n) is 3.74. The molecule has 3 aromatic rings. The van der Waals surface area contributed by atoms with Gasteiger partial charge in [-0.15, -0.1) is 0 Å². The molecule has 3 rings (SSSR count). The summed E-state index contributed by atoms with van der Waals surface area (Å²) in [6, 6.07) is 27.4. The highest BCUT2D eigenvalue weighted by Crippen LogP contribution is 2.21. The normalized spacial score (nSPS) is 12.3. The van der Waals surface area contributed by atoms with Gasteiger partial charge in [0.1, 0.15) is 0 Å². The molecule has 0 aliphatic carbocycles. The molecule has 0 aliphatic rings. The van der Waals surface area contributed by atoms with Crippen LogP contribution in [0.3, 0.4) is 0 Å². The highest BCUT2D eigenvalue weighted by molar-refractivity contribution is 5.94. The second-order valence-corrected chi connectivity index (χ2v) is 8.19. The van der Waals surface area contributed by atoms with Crippen molar-refractivity contribution in [1.29, 1.82) is 0 Å². The Kier molecular flexibility index (Phi) is 8.97. The first-order chi connectivity index (χ1) is 16.5. The van der Waals surface area contributed by atoms with Crippen LogP contribution in [0.15, 0.2) is 91.0 Å². The number of amides is 2. The average molecular weight is 459 g/mol. The lowest BCUT2D eigenvalue weighted by Gasteiger charge is -2.28. The Labute approximate surface area is 200 Å². The summed E-state index contributed by atoms with van der Waals surface area (Å²) < 4.78 is 4.86. The smallest absolute Gasteiger partial charge is 0.310 e. The van der Waals surface area contributed by atoms with Crippen molar-refractivity contribution in [3.63, 3.8) is 0 Å². The van der Waals surface area contributed by atoms with Gasteiger partial charge in [-0.05, 0) is 23.3 Å². The first-order valence-electron chi connectivity index (χ1n) is 11.3. The maximum Gasteiger partial charge on any atom is 0.310 e. The summed E-state index contributed by atoms with van der Waals surface area (Å²) in [7, 11) is 1.34. The van der Waals surface area contributed by atoms with Crippen LogP contribution in [0.5, 0.6) is 0 Å². The topological polar surface area (TPSA) is 75.7 Å². The number of nitrogens with zero attached hydrogens (tertiary/aromatic N) is 1. The third-order valence-corrected chi connectivity index (χ3v) is 5.59. The summed E-state index contributed by atoms with van der Waals surface area (Å²) in [5, 5.41) is 3.01. The lowest BCUT2D eigenvalue weighted by Crippen LogP contribution is -2.39. The number of nitrogens with one attached hydrogen (secondary N) is 1. The highest BCUT2D eigenvalue weighted by Gasteiger charge is 2.26. The molecule has 6 nitrogen and oxygen atoms in total. The zero-order valence-corrected chi connectivity index (χ0v) is 19.5. The second-order valence-electron chi connectivity index (χ2n) is 8.19. The quantitative estimate of drug-likeness (QED) is 0.458. The van der Waals surface area contributed by atoms with Crippen LogP contribution >= 0.6 is 0 Å². The lowest BCUT2D eigenvalue weighted by atomic mass is 10.0. The molecule has 2 amide bonds. The van der Waals surface area contributed by atoms with Crippen LogP contribution in [-0.2, 0) is 20.9 Å². The monoisotopic (exact) mass is 458 g/mol. The predicted molar refractivity (Wildman–Crippen MR) is 131 cm³/mol. The van der Waals surface area contributed by atoms with Gasteiger partial charge in [0.2, 0.25) is 5.91 Å². The van der Waals surface area contributed by atoms with Crippen molar-refractivity contribution in [2.24, 2.45) is 5.92 Å². The molecule has 0 aromatic heterocycles. The fraction of sp³-hybridized carbons (Fsp3) is 0.250. The Morgan fingerprint density at radius 3 is 2.00 bits per heavy atom. The molecule has 0 aliphatic heterocycles. The minimum Gasteiger partial charge on any atom is -0.469 e. The van der Waals surface area contributed by atoms with Crippen molar-refractivity contribution in [2.75, 3.05) is 13.7 Å². The Bertz CT molecular complexity index is 1070. The molecule has 3 aromatic carbocycles. The van der Waals surface area contributed by atoms with Crippen LogP contribution in [0.2, 0.25) is 0 Å². The number of hydrogen-bond donors (Lipinski definition) is 1. The minimum absolute atomic E-state index is 0.0588. The molecule has 0 fully saturated rings. The summed E-state index contributed by atoms with van der Waals surface area (Å²) >= 11 is 0. The van der Waals surface area contributed by atoms with Crippen LogP contribution < -0.4 is 5.32 Å². The summed E-state index contributed by atoms with van der Waals surface area (Å²) in [5.74, 6) is -1.27. The molecule has 0 saturated carbocycles. The SMILES string of the molecule is COC(=O)C(C)CN(Cc1ccccc1)C(=O)CC(NC(=O)c1ccccc1)c1ccccc1. The van der Waals surface area contributed by atoms with Gasteiger partial charge < -0.3 is 15.0 Å². The number of carbonyl (C=O) groups excluding carboxylic acids is 3. The average Bonchev–Trinajstić information content (AvgIpc) is 2.88. The van der Waals surface area contributed by atoms with Gasteiger partial charge in [0.25, 0.3) is 5.91 Å². The van der Waals surface area contributed by atoms with Gasteiger partial charge in [-0.3, -0.25) is 14.4 Å². The van der Waals surface area contributed by atoms with Crippen molar-refractivity contribution in [3.05, 3.63) is 108 Å². The van der Waals surface area contributed by atoms with Gasteiger partial charge in [-0.1, -0.05) is 85.8 Å². The van der Waals surface area contributed by atoms with Gasteiger partial charge in [0.05, 0.1) is 25.5 Å². The molecular weight excluding hydrogens is 428 g/mol. The van der Waals surface area contributed by atoms with E-state index < -0.39 is 12.0 Å². The minimum atomic E-state index is -0.520. The molecule has 2 unspecified atom stereocenters. The molecule has 0 radical (unpaired) electrons. The largest absolute Gasteiger partial charge is 0.469 e. The number of rotatable bonds is 10. The number of esters is 1.